The Bertz CT molecular complexity index is 1350. The van der Waals surface area contributed by atoms with Gasteiger partial charge < -0.3 is 14.6 Å². The molecule has 0 radical (unpaired) electrons. The zero-order valence-corrected chi connectivity index (χ0v) is 23.9. The van der Waals surface area contributed by atoms with Crippen molar-refractivity contribution in [2.75, 3.05) is 19.8 Å². The summed E-state index contributed by atoms with van der Waals surface area (Å²) in [6, 6.07) is 21.3. The first-order valence-corrected chi connectivity index (χ1v) is 13.8. The van der Waals surface area contributed by atoms with Crippen LogP contribution >= 0.6 is 0 Å². The van der Waals surface area contributed by atoms with E-state index >= 15 is 0 Å². The van der Waals surface area contributed by atoms with Crippen molar-refractivity contribution in [1.82, 2.24) is 0 Å². The van der Waals surface area contributed by atoms with Gasteiger partial charge in [-0.05, 0) is 84.0 Å². The van der Waals surface area contributed by atoms with Crippen LogP contribution in [0.25, 0.3) is 22.3 Å². The molecule has 0 amide bonds. The molecule has 0 aliphatic heterocycles. The predicted octanol–water partition coefficient (Wildman–Crippen LogP) is 6.83. The molecule has 0 atom stereocenters. The van der Waals surface area contributed by atoms with Crippen molar-refractivity contribution in [2.45, 2.75) is 52.9 Å². The van der Waals surface area contributed by atoms with Gasteiger partial charge in [0.05, 0.1) is 13.2 Å². The molecule has 40 heavy (non-hydrogen) atoms. The van der Waals surface area contributed by atoms with E-state index in [9.17, 15) is 14.7 Å². The molecule has 0 bridgehead atoms. The molecule has 0 heterocycles. The van der Waals surface area contributed by atoms with Gasteiger partial charge in [-0.15, -0.1) is 0 Å². The van der Waals surface area contributed by atoms with Gasteiger partial charge in [0.1, 0.15) is 0 Å². The fourth-order valence-corrected chi connectivity index (χ4v) is 4.53. The van der Waals surface area contributed by atoms with Gasteiger partial charge in [0.25, 0.3) is 0 Å². The van der Waals surface area contributed by atoms with Crippen molar-refractivity contribution < 1.29 is 24.2 Å². The SMILES string of the molecule is C=C(C)C(=O)OCCCc1ccc(-c2ccc(-c3ccc(CCO)cc3CC)c(CCOC(=O)C(=C)C)c2)cc1. The lowest BCUT2D eigenvalue weighted by atomic mass is 9.89. The molecule has 0 saturated heterocycles. The van der Waals surface area contributed by atoms with Crippen molar-refractivity contribution in [3.05, 3.63) is 107 Å². The number of esters is 2. The molecule has 0 aliphatic carbocycles. The van der Waals surface area contributed by atoms with Crippen molar-refractivity contribution in [2.24, 2.45) is 0 Å². The third-order valence-electron chi connectivity index (χ3n) is 6.78. The van der Waals surface area contributed by atoms with E-state index in [0.29, 0.717) is 30.6 Å². The summed E-state index contributed by atoms with van der Waals surface area (Å²) in [4.78, 5) is 23.5. The third-order valence-corrected chi connectivity index (χ3v) is 6.78. The van der Waals surface area contributed by atoms with E-state index in [-0.39, 0.29) is 25.2 Å². The second kappa shape index (κ2) is 15.0. The van der Waals surface area contributed by atoms with Crippen LogP contribution in [0.1, 0.15) is 49.4 Å². The van der Waals surface area contributed by atoms with Crippen LogP contribution in [0, 0.1) is 0 Å². The van der Waals surface area contributed by atoms with Gasteiger partial charge in [0.15, 0.2) is 0 Å². The standard InChI is InChI=1S/C35H40O5/c1-6-28-22-27(17-19-36)11-15-32(28)33-16-14-30(23-31(33)18-21-40-35(38)25(4)5)29-12-9-26(10-13-29)8-7-20-39-34(37)24(2)3/h9-16,22-23,36H,2,4,6-8,17-21H2,1,3,5H3. The maximum Gasteiger partial charge on any atom is 0.333 e. The average Bonchev–Trinajstić information content (AvgIpc) is 2.95. The number of aryl methyl sites for hydroxylation is 2. The van der Waals surface area contributed by atoms with E-state index in [4.69, 9.17) is 9.47 Å². The number of aliphatic hydroxyl groups excluding tert-OH is 1. The molecular formula is C35H40O5. The minimum Gasteiger partial charge on any atom is -0.462 e. The highest BCUT2D eigenvalue weighted by atomic mass is 16.5. The average molecular weight is 541 g/mol. The fourth-order valence-electron chi connectivity index (χ4n) is 4.53. The van der Waals surface area contributed by atoms with E-state index in [2.05, 4.69) is 80.7 Å². The van der Waals surface area contributed by atoms with Gasteiger partial charge in [0.2, 0.25) is 0 Å². The second-order valence-electron chi connectivity index (χ2n) is 10.1. The Labute approximate surface area is 238 Å². The molecule has 1 N–H and O–H groups in total. The molecule has 3 aromatic carbocycles. The Kier molecular flexibility index (Phi) is 11.5. The number of carbonyl (C=O) groups excluding carboxylic acids is 2. The molecule has 5 nitrogen and oxygen atoms in total. The Morgan fingerprint density at radius 3 is 1.90 bits per heavy atom. The maximum absolute atomic E-state index is 12.0. The lowest BCUT2D eigenvalue weighted by Crippen LogP contribution is -2.09. The monoisotopic (exact) mass is 540 g/mol. The molecule has 0 unspecified atom stereocenters. The Hall–Kier alpha value is -3.96. The quantitative estimate of drug-likeness (QED) is 0.138. The molecule has 3 rings (SSSR count). The lowest BCUT2D eigenvalue weighted by molar-refractivity contribution is -0.139. The topological polar surface area (TPSA) is 72.8 Å². The van der Waals surface area contributed by atoms with Crippen molar-refractivity contribution in [3.63, 3.8) is 0 Å². The molecule has 5 heteroatoms. The fraction of sp³-hybridized carbons (Fsp3) is 0.314. The number of carbonyl (C=O) groups is 2. The van der Waals surface area contributed by atoms with Crippen molar-refractivity contribution >= 4 is 11.9 Å². The summed E-state index contributed by atoms with van der Waals surface area (Å²) in [5.74, 6) is -0.735. The highest BCUT2D eigenvalue weighted by Crippen LogP contribution is 2.33. The molecule has 0 aromatic heterocycles. The Morgan fingerprint density at radius 1 is 0.700 bits per heavy atom. The van der Waals surface area contributed by atoms with Crippen LogP contribution < -0.4 is 0 Å². The first-order chi connectivity index (χ1) is 19.2. The largest absolute Gasteiger partial charge is 0.462 e. The molecular weight excluding hydrogens is 500 g/mol. The predicted molar refractivity (Wildman–Crippen MR) is 161 cm³/mol. The number of aliphatic hydroxyl groups is 1. The van der Waals surface area contributed by atoms with E-state index in [1.807, 2.05) is 0 Å². The summed E-state index contributed by atoms with van der Waals surface area (Å²) in [5.41, 5.74) is 9.85. The van der Waals surface area contributed by atoms with Gasteiger partial charge in [-0.25, -0.2) is 9.59 Å². The first kappa shape index (κ1) is 30.6. The van der Waals surface area contributed by atoms with Crippen LogP contribution in [0.15, 0.2) is 85.0 Å². The van der Waals surface area contributed by atoms with Crippen LogP contribution in [-0.2, 0) is 44.7 Å². The molecule has 210 valence electrons. The number of benzene rings is 3. The lowest BCUT2D eigenvalue weighted by Gasteiger charge is -2.17. The zero-order chi connectivity index (χ0) is 29.1. The molecule has 0 fully saturated rings. The number of hydrogen-bond acceptors (Lipinski definition) is 5. The van der Waals surface area contributed by atoms with Gasteiger partial charge >= 0.3 is 11.9 Å². The van der Waals surface area contributed by atoms with Crippen LogP contribution in [0.5, 0.6) is 0 Å². The summed E-state index contributed by atoms with van der Waals surface area (Å²) in [5, 5.41) is 9.37. The van der Waals surface area contributed by atoms with Crippen LogP contribution in [0.2, 0.25) is 0 Å². The van der Waals surface area contributed by atoms with Gasteiger partial charge in [-0.2, -0.15) is 0 Å². The third kappa shape index (κ3) is 8.52. The van der Waals surface area contributed by atoms with Gasteiger partial charge in [-0.3, -0.25) is 0 Å². The number of ether oxygens (including phenoxy) is 2. The van der Waals surface area contributed by atoms with Gasteiger partial charge in [0, 0.05) is 24.2 Å². The van der Waals surface area contributed by atoms with E-state index in [1.165, 1.54) is 11.1 Å². The normalized spacial score (nSPS) is 10.7. The van der Waals surface area contributed by atoms with Crippen molar-refractivity contribution in [3.8, 4) is 22.3 Å². The van der Waals surface area contributed by atoms with Crippen LogP contribution in [0.3, 0.4) is 0 Å². The molecule has 3 aromatic rings. The van der Waals surface area contributed by atoms with Gasteiger partial charge in [-0.1, -0.05) is 80.7 Å². The Morgan fingerprint density at radius 2 is 1.27 bits per heavy atom. The Balaban J connectivity index is 1.84. The highest BCUT2D eigenvalue weighted by molar-refractivity contribution is 5.87. The summed E-state index contributed by atoms with van der Waals surface area (Å²) in [6.45, 7) is 13.5. The summed E-state index contributed by atoms with van der Waals surface area (Å²) in [7, 11) is 0. The summed E-state index contributed by atoms with van der Waals surface area (Å²) >= 11 is 0. The van der Waals surface area contributed by atoms with Crippen LogP contribution in [-0.4, -0.2) is 36.9 Å². The van der Waals surface area contributed by atoms with E-state index in [1.54, 1.807) is 13.8 Å². The van der Waals surface area contributed by atoms with Crippen molar-refractivity contribution in [1.29, 1.82) is 0 Å². The number of rotatable bonds is 14. The second-order valence-corrected chi connectivity index (χ2v) is 10.1. The van der Waals surface area contributed by atoms with E-state index in [0.717, 1.165) is 52.6 Å². The van der Waals surface area contributed by atoms with E-state index < -0.39 is 0 Å². The highest BCUT2D eigenvalue weighted by Gasteiger charge is 2.13. The first-order valence-electron chi connectivity index (χ1n) is 13.8. The minimum atomic E-state index is -0.384. The van der Waals surface area contributed by atoms with Crippen LogP contribution in [0.4, 0.5) is 0 Å². The molecule has 0 spiro atoms. The molecule has 0 saturated carbocycles. The number of hydrogen-bond donors (Lipinski definition) is 1. The smallest absolute Gasteiger partial charge is 0.333 e. The maximum atomic E-state index is 12.0. The minimum absolute atomic E-state index is 0.123. The summed E-state index contributed by atoms with van der Waals surface area (Å²) in [6.07, 6.45) is 3.63. The zero-order valence-electron chi connectivity index (χ0n) is 23.9. The summed E-state index contributed by atoms with van der Waals surface area (Å²) < 4.78 is 10.6. The molecule has 0 aliphatic rings.